The normalized spacial score (nSPS) is 16.1. The van der Waals surface area contributed by atoms with Crippen LogP contribution in [0.3, 0.4) is 0 Å². The summed E-state index contributed by atoms with van der Waals surface area (Å²) in [6.45, 7) is 3.34. The summed E-state index contributed by atoms with van der Waals surface area (Å²) in [5, 5.41) is 11.8. The molecule has 10 heteroatoms. The van der Waals surface area contributed by atoms with E-state index in [4.69, 9.17) is 14.5 Å². The van der Waals surface area contributed by atoms with E-state index in [2.05, 4.69) is 41.7 Å². The van der Waals surface area contributed by atoms with Crippen LogP contribution < -0.4 is 9.64 Å². The van der Waals surface area contributed by atoms with Crippen molar-refractivity contribution >= 4 is 32.0 Å². The molecule has 2 unspecified atom stereocenters. The molecular formula is C21H24N7O2P. The van der Waals surface area contributed by atoms with Crippen molar-refractivity contribution in [3.63, 3.8) is 0 Å². The number of rotatable bonds is 7. The fourth-order valence-corrected chi connectivity index (χ4v) is 3.85. The summed E-state index contributed by atoms with van der Waals surface area (Å²) in [5.41, 5.74) is 2.67. The summed E-state index contributed by atoms with van der Waals surface area (Å²) < 4.78 is 13.1. The number of benzene rings is 1. The third-order valence-corrected chi connectivity index (χ3v) is 5.49. The summed E-state index contributed by atoms with van der Waals surface area (Å²) >= 11 is 0. The summed E-state index contributed by atoms with van der Waals surface area (Å²) in [6.07, 6.45) is 3.50. The highest BCUT2D eigenvalue weighted by Gasteiger charge is 2.33. The van der Waals surface area contributed by atoms with Gasteiger partial charge in [-0.3, -0.25) is 5.10 Å². The van der Waals surface area contributed by atoms with Crippen LogP contribution in [0.4, 0.5) is 11.6 Å². The van der Waals surface area contributed by atoms with Crippen molar-refractivity contribution in [1.29, 1.82) is 0 Å². The smallest absolute Gasteiger partial charge is 0.235 e. The number of aromatic nitrogens is 6. The molecule has 1 aliphatic heterocycles. The number of hydrogen-bond acceptors (Lipinski definition) is 7. The summed E-state index contributed by atoms with van der Waals surface area (Å²) in [6, 6.07) is 12.2. The molecule has 1 saturated heterocycles. The molecule has 0 radical (unpaired) electrons. The van der Waals surface area contributed by atoms with Crippen LogP contribution in [-0.4, -0.2) is 56.1 Å². The first-order valence-electron chi connectivity index (χ1n) is 10.1. The second-order valence-corrected chi connectivity index (χ2v) is 8.59. The maximum Gasteiger partial charge on any atom is 0.235 e. The van der Waals surface area contributed by atoms with Crippen LogP contribution in [0.25, 0.3) is 11.2 Å². The molecule has 4 aromatic rings. The van der Waals surface area contributed by atoms with Crippen LogP contribution in [0.1, 0.15) is 18.5 Å². The maximum atomic E-state index is 5.62. The minimum absolute atomic E-state index is 0.0302. The Bertz CT molecular complexity index is 1170. The number of H-pyrrole nitrogens is 1. The zero-order valence-corrected chi connectivity index (χ0v) is 18.5. The van der Waals surface area contributed by atoms with Gasteiger partial charge in [0.15, 0.2) is 11.5 Å². The number of aromatic amines is 1. The number of anilines is 2. The van der Waals surface area contributed by atoms with Crippen molar-refractivity contribution in [2.45, 2.75) is 18.8 Å². The molecule has 31 heavy (non-hydrogen) atoms. The van der Waals surface area contributed by atoms with Crippen molar-refractivity contribution in [3.05, 3.63) is 54.4 Å². The number of fused-ring (bicyclic) bond motifs is 1. The van der Waals surface area contributed by atoms with Gasteiger partial charge in [-0.2, -0.15) is 5.10 Å². The molecular weight excluding hydrogens is 413 g/mol. The van der Waals surface area contributed by atoms with Gasteiger partial charge >= 0.3 is 0 Å². The van der Waals surface area contributed by atoms with Gasteiger partial charge in [0.25, 0.3) is 0 Å². The molecule has 0 spiro atoms. The third-order valence-electron chi connectivity index (χ3n) is 5.36. The predicted octanol–water partition coefficient (Wildman–Crippen LogP) is 3.15. The molecule has 1 N–H and O–H groups in total. The highest BCUT2D eigenvalue weighted by atomic mass is 31.0. The Kier molecular flexibility index (Phi) is 5.29. The Morgan fingerprint density at radius 1 is 1.26 bits per heavy atom. The lowest BCUT2D eigenvalue weighted by Crippen LogP contribution is -2.37. The monoisotopic (exact) mass is 437 g/mol. The van der Waals surface area contributed by atoms with Gasteiger partial charge in [-0.05, 0) is 12.5 Å². The second-order valence-electron chi connectivity index (χ2n) is 7.65. The molecule has 160 valence electrons. The van der Waals surface area contributed by atoms with Gasteiger partial charge < -0.3 is 14.4 Å². The molecule has 9 nitrogen and oxygen atoms in total. The van der Waals surface area contributed by atoms with Crippen molar-refractivity contribution in [1.82, 2.24) is 29.9 Å². The minimum Gasteiger partial charge on any atom is -0.470 e. The molecule has 4 heterocycles. The van der Waals surface area contributed by atoms with Crippen LogP contribution in [-0.2, 0) is 4.74 Å². The molecule has 1 aromatic carbocycles. The third kappa shape index (κ3) is 3.86. The van der Waals surface area contributed by atoms with E-state index < -0.39 is 0 Å². The number of nitrogens with zero attached hydrogens (tertiary/aromatic N) is 6. The Labute approximate surface area is 182 Å². The minimum atomic E-state index is -0.0302. The highest BCUT2D eigenvalue weighted by molar-refractivity contribution is 7.17. The Balaban J connectivity index is 1.51. The molecule has 3 atom stereocenters. The fraction of sp³-hybridized carbons (Fsp3) is 0.333. The molecule has 0 bridgehead atoms. The van der Waals surface area contributed by atoms with Crippen LogP contribution in [0.2, 0.25) is 0 Å². The lowest BCUT2D eigenvalue weighted by atomic mass is 9.91. The summed E-state index contributed by atoms with van der Waals surface area (Å²) in [4.78, 5) is 11.4. The topological polar surface area (TPSA) is 94.0 Å². The van der Waals surface area contributed by atoms with Gasteiger partial charge in [0.2, 0.25) is 5.88 Å². The van der Waals surface area contributed by atoms with Gasteiger partial charge in [0, 0.05) is 19.0 Å². The molecule has 1 aliphatic rings. The Morgan fingerprint density at radius 3 is 2.77 bits per heavy atom. The van der Waals surface area contributed by atoms with Gasteiger partial charge in [-0.25, -0.2) is 14.6 Å². The van der Waals surface area contributed by atoms with E-state index in [1.165, 1.54) is 5.56 Å². The average molecular weight is 437 g/mol. The second kappa shape index (κ2) is 8.24. The fourth-order valence-electron chi connectivity index (χ4n) is 3.72. The van der Waals surface area contributed by atoms with Gasteiger partial charge in [-0.1, -0.05) is 39.6 Å². The van der Waals surface area contributed by atoms with Gasteiger partial charge in [0.05, 0.1) is 31.6 Å². The van der Waals surface area contributed by atoms with Crippen LogP contribution >= 0.6 is 9.24 Å². The zero-order valence-electron chi connectivity index (χ0n) is 17.3. The predicted molar refractivity (Wildman–Crippen MR) is 121 cm³/mol. The number of ether oxygens (including phenoxy) is 2. The molecule has 0 aliphatic carbocycles. The standard InChI is InChI=1S/C21H24N7O2P/c1-13(31)30-19-8-17(25-26-19)27(2)18-10-22-16-9-23-28(21(16)24-18)20(15-11-29-12-15)14-6-4-3-5-7-14/h3-10,13,15,20H,11-12,31H2,1-2H3,(H,25,26)/t13?,20-/m0/s1. The van der Waals surface area contributed by atoms with E-state index in [1.54, 1.807) is 12.4 Å². The van der Waals surface area contributed by atoms with E-state index in [0.717, 1.165) is 17.0 Å². The lowest BCUT2D eigenvalue weighted by molar-refractivity contribution is -0.0508. The van der Waals surface area contributed by atoms with Crippen molar-refractivity contribution < 1.29 is 9.47 Å². The molecule has 0 amide bonds. The average Bonchev–Trinajstić information content (AvgIpc) is 3.37. The van der Waals surface area contributed by atoms with E-state index in [1.807, 2.05) is 47.8 Å². The molecule has 1 fully saturated rings. The summed E-state index contributed by atoms with van der Waals surface area (Å²) in [5.74, 6) is 2.28. The first-order chi connectivity index (χ1) is 15.1. The lowest BCUT2D eigenvalue weighted by Gasteiger charge is -2.34. The Morgan fingerprint density at radius 2 is 2.06 bits per heavy atom. The Hall–Kier alpha value is -3.03. The van der Waals surface area contributed by atoms with E-state index in [-0.39, 0.29) is 11.9 Å². The van der Waals surface area contributed by atoms with E-state index in [9.17, 15) is 0 Å². The quantitative estimate of drug-likeness (QED) is 0.444. The van der Waals surface area contributed by atoms with Crippen molar-refractivity contribution in [2.75, 3.05) is 25.2 Å². The van der Waals surface area contributed by atoms with Gasteiger partial charge in [-0.15, -0.1) is 5.10 Å². The van der Waals surface area contributed by atoms with Crippen LogP contribution in [0, 0.1) is 5.92 Å². The van der Waals surface area contributed by atoms with E-state index >= 15 is 0 Å². The van der Waals surface area contributed by atoms with Crippen molar-refractivity contribution in [3.8, 4) is 5.88 Å². The first kappa shape index (κ1) is 19.9. The SMILES string of the molecule is CC(P)Oc1cc(N(C)c2cnc3cnn([C@@H](c4ccccc4)C4COC4)c3n2)[nH]n1. The molecule has 3 aromatic heterocycles. The largest absolute Gasteiger partial charge is 0.470 e. The highest BCUT2D eigenvalue weighted by Crippen LogP contribution is 2.34. The van der Waals surface area contributed by atoms with Gasteiger partial charge in [0.1, 0.15) is 17.2 Å². The molecule has 5 rings (SSSR count). The first-order valence-corrected chi connectivity index (χ1v) is 10.8. The zero-order chi connectivity index (χ0) is 21.4. The molecule has 0 saturated carbocycles. The van der Waals surface area contributed by atoms with Crippen molar-refractivity contribution in [2.24, 2.45) is 5.92 Å². The maximum absolute atomic E-state index is 5.62. The van der Waals surface area contributed by atoms with E-state index in [0.29, 0.717) is 30.8 Å². The van der Waals surface area contributed by atoms with Crippen LogP contribution in [0.15, 0.2) is 48.8 Å². The number of nitrogens with one attached hydrogen (secondary N) is 1. The number of hydrogen-bond donors (Lipinski definition) is 1. The summed E-state index contributed by atoms with van der Waals surface area (Å²) in [7, 11) is 4.49. The van der Waals surface area contributed by atoms with Crippen LogP contribution in [0.5, 0.6) is 5.88 Å².